The van der Waals surface area contributed by atoms with E-state index in [1.54, 1.807) is 6.20 Å². The topological polar surface area (TPSA) is 58.4 Å². The van der Waals surface area contributed by atoms with Crippen LogP contribution in [0.1, 0.15) is 12.6 Å². The highest BCUT2D eigenvalue weighted by atomic mass is 16.4. The van der Waals surface area contributed by atoms with E-state index in [1.807, 2.05) is 52.9 Å². The van der Waals surface area contributed by atoms with Crippen LogP contribution in [0.3, 0.4) is 0 Å². The number of aliphatic carboxylic acids is 1. The van der Waals surface area contributed by atoms with Crippen LogP contribution in [-0.4, -0.2) is 27.4 Å². The summed E-state index contributed by atoms with van der Waals surface area (Å²) in [6, 6.07) is 11.5. The smallest absolute Gasteiger partial charge is 0.323 e. The van der Waals surface area contributed by atoms with Crippen molar-refractivity contribution in [3.63, 3.8) is 0 Å². The van der Waals surface area contributed by atoms with Gasteiger partial charge >= 0.3 is 5.97 Å². The van der Waals surface area contributed by atoms with E-state index in [0.29, 0.717) is 6.54 Å². The van der Waals surface area contributed by atoms with Crippen LogP contribution in [0.15, 0.2) is 42.6 Å². The molecule has 0 bridgehead atoms. The molecule has 1 aromatic carbocycles. The second-order valence-corrected chi connectivity index (χ2v) is 4.22. The molecule has 0 atom stereocenters. The number of anilines is 1. The third kappa shape index (κ3) is 3.34. The minimum Gasteiger partial charge on any atom is -0.480 e. The van der Waals surface area contributed by atoms with Gasteiger partial charge in [0.15, 0.2) is 0 Å². The molecule has 0 aliphatic heterocycles. The third-order valence-corrected chi connectivity index (χ3v) is 2.90. The van der Waals surface area contributed by atoms with E-state index < -0.39 is 5.97 Å². The van der Waals surface area contributed by atoms with E-state index >= 15 is 0 Å². The van der Waals surface area contributed by atoms with E-state index in [9.17, 15) is 4.79 Å². The lowest BCUT2D eigenvalue weighted by molar-refractivity contribution is -0.135. The molecule has 1 N–H and O–H groups in total. The van der Waals surface area contributed by atoms with Gasteiger partial charge in [0.05, 0.1) is 12.2 Å². The molecule has 5 heteroatoms. The van der Waals surface area contributed by atoms with Crippen molar-refractivity contribution in [3.05, 3.63) is 48.3 Å². The van der Waals surface area contributed by atoms with Gasteiger partial charge in [-0.2, -0.15) is 5.10 Å². The van der Waals surface area contributed by atoms with Crippen molar-refractivity contribution in [1.82, 2.24) is 9.78 Å². The van der Waals surface area contributed by atoms with Crippen molar-refractivity contribution in [2.75, 3.05) is 11.4 Å². The second-order valence-electron chi connectivity index (χ2n) is 4.22. The minimum atomic E-state index is -0.841. The first kappa shape index (κ1) is 13.1. The Morgan fingerprint density at radius 3 is 2.68 bits per heavy atom. The zero-order chi connectivity index (χ0) is 13.7. The van der Waals surface area contributed by atoms with Crippen LogP contribution in [0.4, 0.5) is 5.69 Å². The number of para-hydroxylation sites is 1. The predicted molar refractivity (Wildman–Crippen MR) is 73.0 cm³/mol. The van der Waals surface area contributed by atoms with Gasteiger partial charge in [0.2, 0.25) is 0 Å². The van der Waals surface area contributed by atoms with Crippen LogP contribution in [0, 0.1) is 0 Å². The number of carboxylic acids is 1. The van der Waals surface area contributed by atoms with Gasteiger partial charge in [-0.1, -0.05) is 18.2 Å². The average molecular weight is 259 g/mol. The van der Waals surface area contributed by atoms with E-state index in [0.717, 1.165) is 17.9 Å². The summed E-state index contributed by atoms with van der Waals surface area (Å²) in [6.07, 6.45) is 1.74. The second kappa shape index (κ2) is 6.04. The number of benzene rings is 1. The van der Waals surface area contributed by atoms with Crippen molar-refractivity contribution in [2.45, 2.75) is 20.0 Å². The summed E-state index contributed by atoms with van der Waals surface area (Å²) in [7, 11) is 0. The first-order valence-corrected chi connectivity index (χ1v) is 6.23. The highest BCUT2D eigenvalue weighted by Crippen LogP contribution is 2.16. The summed E-state index contributed by atoms with van der Waals surface area (Å²) >= 11 is 0. The van der Waals surface area contributed by atoms with Crippen molar-refractivity contribution < 1.29 is 9.90 Å². The maximum Gasteiger partial charge on any atom is 0.323 e. The van der Waals surface area contributed by atoms with Gasteiger partial charge in [-0.3, -0.25) is 9.48 Å². The monoisotopic (exact) mass is 259 g/mol. The molecule has 2 aromatic rings. The fourth-order valence-electron chi connectivity index (χ4n) is 2.02. The Bertz CT molecular complexity index is 537. The minimum absolute atomic E-state index is 0.0289. The number of carbonyl (C=O) groups is 1. The lowest BCUT2D eigenvalue weighted by Crippen LogP contribution is -2.30. The van der Waals surface area contributed by atoms with E-state index in [2.05, 4.69) is 5.10 Å². The first-order valence-electron chi connectivity index (χ1n) is 6.23. The average Bonchev–Trinajstić information content (AvgIpc) is 2.86. The molecule has 0 saturated carbocycles. The van der Waals surface area contributed by atoms with Crippen molar-refractivity contribution in [2.24, 2.45) is 0 Å². The first-order chi connectivity index (χ1) is 9.20. The zero-order valence-electron chi connectivity index (χ0n) is 10.9. The van der Waals surface area contributed by atoms with Crippen LogP contribution in [0.5, 0.6) is 0 Å². The quantitative estimate of drug-likeness (QED) is 0.862. The van der Waals surface area contributed by atoms with Crippen molar-refractivity contribution in [1.29, 1.82) is 0 Å². The fraction of sp³-hybridized carbons (Fsp3) is 0.286. The molecule has 1 heterocycles. The molecule has 5 nitrogen and oxygen atoms in total. The van der Waals surface area contributed by atoms with E-state index in [1.165, 1.54) is 0 Å². The molecule has 0 saturated heterocycles. The highest BCUT2D eigenvalue weighted by molar-refractivity contribution is 5.73. The molecule has 0 unspecified atom stereocenters. The molecule has 2 rings (SSSR count). The number of aromatic nitrogens is 2. The lowest BCUT2D eigenvalue weighted by atomic mass is 10.2. The largest absolute Gasteiger partial charge is 0.480 e. The molecule has 100 valence electrons. The van der Waals surface area contributed by atoms with Gasteiger partial charge in [0.1, 0.15) is 6.54 Å². The Hall–Kier alpha value is -2.30. The van der Waals surface area contributed by atoms with Gasteiger partial charge in [-0.15, -0.1) is 0 Å². The van der Waals surface area contributed by atoms with Gasteiger partial charge in [0, 0.05) is 18.4 Å². The van der Waals surface area contributed by atoms with Crippen molar-refractivity contribution >= 4 is 11.7 Å². The molecule has 0 aliphatic carbocycles. The molecule has 0 radical (unpaired) electrons. The molecule has 0 fully saturated rings. The van der Waals surface area contributed by atoms with Crippen LogP contribution >= 0.6 is 0 Å². The number of carboxylic acid groups (broad SMARTS) is 1. The summed E-state index contributed by atoms with van der Waals surface area (Å²) < 4.78 is 1.87. The summed E-state index contributed by atoms with van der Waals surface area (Å²) in [5, 5.41) is 13.2. The highest BCUT2D eigenvalue weighted by Gasteiger charge is 2.13. The molecule has 1 aromatic heterocycles. The fourth-order valence-corrected chi connectivity index (χ4v) is 2.02. The Morgan fingerprint density at radius 1 is 1.32 bits per heavy atom. The molecule has 0 spiro atoms. The Balaban J connectivity index is 2.21. The van der Waals surface area contributed by atoms with Crippen molar-refractivity contribution in [3.8, 4) is 0 Å². The zero-order valence-corrected chi connectivity index (χ0v) is 10.9. The Kier molecular flexibility index (Phi) is 4.18. The SMILES string of the molecule is CCn1nccc1CN(CC(=O)O)c1ccccc1. The maximum atomic E-state index is 11.0. The van der Waals surface area contributed by atoms with Crippen LogP contribution in [0.25, 0.3) is 0 Å². The van der Waals surface area contributed by atoms with Crippen LogP contribution in [0.2, 0.25) is 0 Å². The normalized spacial score (nSPS) is 10.4. The predicted octanol–water partition coefficient (Wildman–Crippen LogP) is 1.99. The lowest BCUT2D eigenvalue weighted by Gasteiger charge is -2.23. The van der Waals surface area contributed by atoms with Crippen LogP contribution in [-0.2, 0) is 17.9 Å². The van der Waals surface area contributed by atoms with Gasteiger partial charge < -0.3 is 10.0 Å². The molecule has 0 amide bonds. The number of hydrogen-bond acceptors (Lipinski definition) is 3. The van der Waals surface area contributed by atoms with E-state index in [-0.39, 0.29) is 6.54 Å². The van der Waals surface area contributed by atoms with Crippen LogP contribution < -0.4 is 4.90 Å². The van der Waals surface area contributed by atoms with Gasteiger partial charge in [-0.05, 0) is 25.1 Å². The van der Waals surface area contributed by atoms with E-state index in [4.69, 9.17) is 5.11 Å². The number of nitrogens with zero attached hydrogens (tertiary/aromatic N) is 3. The van der Waals surface area contributed by atoms with Gasteiger partial charge in [0.25, 0.3) is 0 Å². The Morgan fingerprint density at radius 2 is 2.05 bits per heavy atom. The molecule has 19 heavy (non-hydrogen) atoms. The summed E-state index contributed by atoms with van der Waals surface area (Å²) in [5.41, 5.74) is 1.90. The number of aryl methyl sites for hydroxylation is 1. The maximum absolute atomic E-state index is 11.0. The summed E-state index contributed by atoms with van der Waals surface area (Å²) in [4.78, 5) is 12.8. The standard InChI is InChI=1S/C14H17N3O2/c1-2-17-13(8-9-15-17)10-16(11-14(18)19)12-6-4-3-5-7-12/h3-9H,2,10-11H2,1H3,(H,18,19). The molecular weight excluding hydrogens is 242 g/mol. The third-order valence-electron chi connectivity index (χ3n) is 2.90. The number of hydrogen-bond donors (Lipinski definition) is 1. The summed E-state index contributed by atoms with van der Waals surface area (Å²) in [5.74, 6) is -0.841. The molecule has 0 aliphatic rings. The van der Waals surface area contributed by atoms with Gasteiger partial charge in [-0.25, -0.2) is 0 Å². The summed E-state index contributed by atoms with van der Waals surface area (Å²) in [6.45, 7) is 3.29. The molecular formula is C14H17N3O2. The number of rotatable bonds is 6. The Labute approximate surface area is 112 Å².